The molecule has 1 aliphatic carbocycles. The molecule has 0 unspecified atom stereocenters. The Balaban J connectivity index is 0.000000648. The van der Waals surface area contributed by atoms with Gasteiger partial charge >= 0.3 is 0 Å². The monoisotopic (exact) mass is 342 g/mol. The third kappa shape index (κ3) is 7.34. The van der Waals surface area contributed by atoms with Gasteiger partial charge in [-0.1, -0.05) is 43.8 Å². The number of aliphatic carboxylic acids is 1. The second-order valence-electron chi connectivity index (χ2n) is 6.85. The number of carbonyl (C=O) groups is 1. The highest BCUT2D eigenvalue weighted by atomic mass is 28.3. The number of carboxylic acids is 1. The summed E-state index contributed by atoms with van der Waals surface area (Å²) < 4.78 is 5.16. The van der Waals surface area contributed by atoms with Crippen molar-refractivity contribution in [2.45, 2.75) is 39.0 Å². The summed E-state index contributed by atoms with van der Waals surface area (Å²) in [6.45, 7) is 8.12. The predicted octanol–water partition coefficient (Wildman–Crippen LogP) is 4.57. The van der Waals surface area contributed by atoms with Crippen molar-refractivity contribution in [2.75, 3.05) is 7.11 Å². The van der Waals surface area contributed by atoms with E-state index in [1.807, 2.05) is 0 Å². The van der Waals surface area contributed by atoms with Crippen LogP contribution in [0.15, 0.2) is 36.6 Å². The number of fused-ring (bicyclic) bond motifs is 1. The summed E-state index contributed by atoms with van der Waals surface area (Å²) in [5, 5.41) is 7.42. The van der Waals surface area contributed by atoms with Crippen LogP contribution in [0, 0.1) is 11.8 Å². The molecule has 24 heavy (non-hydrogen) atoms. The van der Waals surface area contributed by atoms with Crippen molar-refractivity contribution < 1.29 is 14.6 Å². The highest BCUT2D eigenvalue weighted by Crippen LogP contribution is 2.26. The van der Waals surface area contributed by atoms with Gasteiger partial charge in [-0.25, -0.2) is 0 Å². The summed E-state index contributed by atoms with van der Waals surface area (Å²) in [4.78, 5) is 9.00. The van der Waals surface area contributed by atoms with E-state index in [0.717, 1.165) is 30.5 Å². The molecule has 0 heterocycles. The minimum atomic E-state index is -1.08. The zero-order chi connectivity index (χ0) is 18.2. The van der Waals surface area contributed by atoms with Gasteiger partial charge in [0.2, 0.25) is 0 Å². The number of hydrogen-bond acceptors (Lipinski definition) is 2. The van der Waals surface area contributed by atoms with Gasteiger partial charge in [0, 0.05) is 24.1 Å². The third-order valence-electron chi connectivity index (χ3n) is 3.15. The first kappa shape index (κ1) is 19.8. The molecule has 4 heteroatoms. The highest BCUT2D eigenvalue weighted by molar-refractivity contribution is 6.76. The van der Waals surface area contributed by atoms with Crippen molar-refractivity contribution in [1.29, 1.82) is 0 Å². The standard InChI is InChI=1S/C18H22OSi.C2H4O2/c1-19-14-17-9-5-8-16-11-10-15(13-18(16)17)7-6-12-20(2,3)4;1-2(3)4/h5,9-11,13-14H,8,12H2,1-4H3;1H3,(H,3,4). The first-order valence-corrected chi connectivity index (χ1v) is 11.6. The molecule has 3 nitrogen and oxygen atoms in total. The molecule has 0 spiro atoms. The van der Waals surface area contributed by atoms with E-state index in [2.05, 4.69) is 61.8 Å². The molecule has 0 saturated carbocycles. The Morgan fingerprint density at radius 2 is 2.04 bits per heavy atom. The second kappa shape index (κ2) is 9.14. The molecule has 0 bridgehead atoms. The maximum atomic E-state index is 9.00. The van der Waals surface area contributed by atoms with Crippen LogP contribution in [0.25, 0.3) is 5.57 Å². The Morgan fingerprint density at radius 1 is 1.38 bits per heavy atom. The molecule has 1 aromatic carbocycles. The zero-order valence-corrected chi connectivity index (χ0v) is 16.1. The molecule has 2 rings (SSSR count). The Morgan fingerprint density at radius 3 is 2.62 bits per heavy atom. The Hall–Kier alpha value is -2.25. The first-order chi connectivity index (χ1) is 11.2. The van der Waals surface area contributed by atoms with Gasteiger partial charge < -0.3 is 9.84 Å². The molecule has 0 amide bonds. The van der Waals surface area contributed by atoms with Gasteiger partial charge in [0.15, 0.2) is 0 Å². The van der Waals surface area contributed by atoms with Gasteiger partial charge in [0.25, 0.3) is 5.97 Å². The minimum absolute atomic E-state index is 0.833. The lowest BCUT2D eigenvalue weighted by Crippen LogP contribution is -2.17. The second-order valence-corrected chi connectivity index (χ2v) is 12.3. The molecule has 1 aromatic rings. The van der Waals surface area contributed by atoms with Crippen LogP contribution >= 0.6 is 0 Å². The molecule has 1 N–H and O–H groups in total. The molecule has 0 atom stereocenters. The summed E-state index contributed by atoms with van der Waals surface area (Å²) in [6, 6.07) is 7.53. The molecular weight excluding hydrogens is 316 g/mol. The largest absolute Gasteiger partial charge is 0.504 e. The smallest absolute Gasteiger partial charge is 0.300 e. The van der Waals surface area contributed by atoms with E-state index in [1.165, 1.54) is 11.1 Å². The van der Waals surface area contributed by atoms with Crippen LogP contribution in [-0.2, 0) is 16.0 Å². The fourth-order valence-electron chi connectivity index (χ4n) is 2.14. The number of methoxy groups -OCH3 is 1. The topological polar surface area (TPSA) is 46.5 Å². The van der Waals surface area contributed by atoms with E-state index in [0.29, 0.717) is 0 Å². The molecule has 0 aliphatic heterocycles. The van der Waals surface area contributed by atoms with Crippen LogP contribution in [0.5, 0.6) is 0 Å². The summed E-state index contributed by atoms with van der Waals surface area (Å²) >= 11 is 0. The number of ether oxygens (including phenoxy) is 1. The molecule has 0 radical (unpaired) electrons. The fourth-order valence-corrected chi connectivity index (χ4v) is 2.76. The van der Waals surface area contributed by atoms with Crippen LogP contribution in [0.4, 0.5) is 0 Å². The lowest BCUT2D eigenvalue weighted by molar-refractivity contribution is -0.134. The predicted molar refractivity (Wildman–Crippen MR) is 103 cm³/mol. The molecule has 1 aliphatic rings. The van der Waals surface area contributed by atoms with Crippen molar-refractivity contribution in [2.24, 2.45) is 0 Å². The van der Waals surface area contributed by atoms with Crippen LogP contribution in [0.3, 0.4) is 0 Å². The van der Waals surface area contributed by atoms with E-state index >= 15 is 0 Å². The van der Waals surface area contributed by atoms with Gasteiger partial charge in [-0.05, 0) is 29.7 Å². The maximum Gasteiger partial charge on any atom is 0.300 e. The van der Waals surface area contributed by atoms with Gasteiger partial charge in [-0.2, -0.15) is 0 Å². The van der Waals surface area contributed by atoms with Crippen molar-refractivity contribution in [3.63, 3.8) is 0 Å². The van der Waals surface area contributed by atoms with E-state index in [4.69, 9.17) is 14.6 Å². The van der Waals surface area contributed by atoms with Crippen molar-refractivity contribution in [3.05, 3.63) is 53.3 Å². The average Bonchev–Trinajstić information content (AvgIpc) is 2.46. The Bertz CT molecular complexity index is 694. The number of hydrogen-bond donors (Lipinski definition) is 1. The lowest BCUT2D eigenvalue weighted by Gasteiger charge is -2.14. The lowest BCUT2D eigenvalue weighted by atomic mass is 9.92. The SMILES string of the molecule is CC(=O)O.COC=C1C=CCc2ccc(C#CC[Si](C)(C)C)cc21. The minimum Gasteiger partial charge on any atom is -0.504 e. The summed E-state index contributed by atoms with van der Waals surface area (Å²) in [6.07, 6.45) is 7.07. The van der Waals surface area contributed by atoms with Crippen molar-refractivity contribution in [3.8, 4) is 11.8 Å². The molecular formula is C20H26O3Si. The van der Waals surface area contributed by atoms with Gasteiger partial charge in [0.1, 0.15) is 0 Å². The molecule has 128 valence electrons. The molecule has 0 saturated heterocycles. The van der Waals surface area contributed by atoms with E-state index in [9.17, 15) is 0 Å². The zero-order valence-electron chi connectivity index (χ0n) is 15.1. The van der Waals surface area contributed by atoms with Crippen LogP contribution < -0.4 is 0 Å². The number of allylic oxidation sites excluding steroid dienone is 3. The number of carboxylic acid groups (broad SMARTS) is 1. The van der Waals surface area contributed by atoms with Crippen molar-refractivity contribution in [1.82, 2.24) is 0 Å². The highest BCUT2D eigenvalue weighted by Gasteiger charge is 2.11. The fraction of sp³-hybridized carbons (Fsp3) is 0.350. The summed E-state index contributed by atoms with van der Waals surface area (Å²) in [5.74, 6) is 5.81. The van der Waals surface area contributed by atoms with Crippen molar-refractivity contribution >= 4 is 19.6 Å². The summed E-state index contributed by atoms with van der Waals surface area (Å²) in [7, 11) is 0.605. The number of rotatable bonds is 2. The Kier molecular flexibility index (Phi) is 7.54. The van der Waals surface area contributed by atoms with Gasteiger partial charge in [-0.15, -0.1) is 5.92 Å². The third-order valence-corrected chi connectivity index (χ3v) is 4.39. The summed E-state index contributed by atoms with van der Waals surface area (Å²) in [5.41, 5.74) is 4.81. The van der Waals surface area contributed by atoms with Crippen LogP contribution in [0.2, 0.25) is 25.7 Å². The van der Waals surface area contributed by atoms with Crippen LogP contribution in [0.1, 0.15) is 23.6 Å². The number of benzene rings is 1. The van der Waals surface area contributed by atoms with Crippen LogP contribution in [-0.4, -0.2) is 26.3 Å². The average molecular weight is 343 g/mol. The quantitative estimate of drug-likeness (QED) is 0.486. The van der Waals surface area contributed by atoms with Gasteiger partial charge in [-0.3, -0.25) is 4.79 Å². The van der Waals surface area contributed by atoms with E-state index in [-0.39, 0.29) is 0 Å². The normalized spacial score (nSPS) is 14.0. The maximum absolute atomic E-state index is 9.00. The first-order valence-electron chi connectivity index (χ1n) is 7.94. The molecule has 0 aromatic heterocycles. The van der Waals surface area contributed by atoms with E-state index in [1.54, 1.807) is 13.4 Å². The van der Waals surface area contributed by atoms with Gasteiger partial charge in [0.05, 0.1) is 21.4 Å². The van der Waals surface area contributed by atoms with E-state index < -0.39 is 14.0 Å². The Labute approximate surface area is 146 Å². The molecule has 0 fully saturated rings.